The minimum Gasteiger partial charge on any atom is -0.311 e. The second kappa shape index (κ2) is 8.15. The van der Waals surface area contributed by atoms with Crippen LogP contribution in [0.5, 0.6) is 0 Å². The highest BCUT2D eigenvalue weighted by Crippen LogP contribution is 2.39. The Hall–Kier alpha value is -1.22. The number of rotatable bonds is 5. The first-order valence-electron chi connectivity index (χ1n) is 8.06. The molecule has 0 amide bonds. The van der Waals surface area contributed by atoms with E-state index in [9.17, 15) is 0 Å². The minimum absolute atomic E-state index is 0.695. The number of hydrogen-bond acceptors (Lipinski definition) is 1. The molecule has 1 saturated carbocycles. The summed E-state index contributed by atoms with van der Waals surface area (Å²) in [7, 11) is 0. The summed E-state index contributed by atoms with van der Waals surface area (Å²) in [5, 5.41) is 3.90. The lowest BCUT2D eigenvalue weighted by atomic mass is 9.69. The van der Waals surface area contributed by atoms with E-state index < -0.39 is 0 Å². The van der Waals surface area contributed by atoms with Gasteiger partial charge in [-0.05, 0) is 68.9 Å². The summed E-state index contributed by atoms with van der Waals surface area (Å²) < 4.78 is 0. The molecule has 4 atom stereocenters. The van der Waals surface area contributed by atoms with Crippen molar-refractivity contribution in [3.8, 4) is 12.3 Å². The van der Waals surface area contributed by atoms with E-state index in [0.29, 0.717) is 6.04 Å². The van der Waals surface area contributed by atoms with Gasteiger partial charge in [-0.15, -0.1) is 12.2 Å². The first-order valence-corrected chi connectivity index (χ1v) is 8.06. The molecule has 0 unspecified atom stereocenters. The van der Waals surface area contributed by atoms with Crippen molar-refractivity contribution in [2.75, 3.05) is 0 Å². The second-order valence-corrected chi connectivity index (χ2v) is 6.19. The van der Waals surface area contributed by atoms with Gasteiger partial charge in [0.05, 0.1) is 0 Å². The molecule has 1 N–H and O–H groups in total. The van der Waals surface area contributed by atoms with Crippen molar-refractivity contribution in [1.29, 1.82) is 0 Å². The summed E-state index contributed by atoms with van der Waals surface area (Å²) in [4.78, 5) is 0. The van der Waals surface area contributed by atoms with Crippen molar-refractivity contribution >= 4 is 0 Å². The van der Waals surface area contributed by atoms with Gasteiger partial charge in [0.15, 0.2) is 0 Å². The normalized spacial score (nSPS) is 33.1. The molecule has 0 spiro atoms. The average molecular weight is 269 g/mol. The number of allylic oxidation sites excluding steroid dienone is 3. The zero-order valence-corrected chi connectivity index (χ0v) is 12.5. The molecular weight excluding hydrogens is 242 g/mol. The minimum atomic E-state index is 0.695. The van der Waals surface area contributed by atoms with Gasteiger partial charge in [-0.25, -0.2) is 0 Å². The Bertz CT molecular complexity index is 408. The molecule has 20 heavy (non-hydrogen) atoms. The van der Waals surface area contributed by atoms with Crippen LogP contribution in [0.1, 0.15) is 51.4 Å². The molecule has 108 valence electrons. The molecule has 0 aromatic heterocycles. The van der Waals surface area contributed by atoms with E-state index in [2.05, 4.69) is 35.7 Å². The Labute approximate surface area is 124 Å². The third-order valence-electron chi connectivity index (χ3n) is 4.97. The quantitative estimate of drug-likeness (QED) is 0.582. The van der Waals surface area contributed by atoms with Crippen molar-refractivity contribution in [2.45, 2.75) is 63.5 Å². The SMILES string of the molecule is C#C/C=C\C[C@@H]1CCC[C@@H]2N[C@H](CCC=C=C)CC[C@@H]12. The highest BCUT2D eigenvalue weighted by Gasteiger charge is 2.36. The molecule has 0 radical (unpaired) electrons. The van der Waals surface area contributed by atoms with Gasteiger partial charge in [0.25, 0.3) is 0 Å². The van der Waals surface area contributed by atoms with E-state index in [1.165, 1.54) is 38.5 Å². The lowest BCUT2D eigenvalue weighted by Crippen LogP contribution is -2.51. The van der Waals surface area contributed by atoms with Crippen LogP contribution in [-0.4, -0.2) is 12.1 Å². The first-order chi connectivity index (χ1) is 9.85. The Morgan fingerprint density at radius 2 is 2.15 bits per heavy atom. The van der Waals surface area contributed by atoms with Crippen molar-refractivity contribution in [2.24, 2.45) is 11.8 Å². The van der Waals surface area contributed by atoms with Crippen LogP contribution in [0.2, 0.25) is 0 Å². The molecule has 0 bridgehead atoms. The zero-order chi connectivity index (χ0) is 14.2. The van der Waals surface area contributed by atoms with E-state index in [1.54, 1.807) is 0 Å². The van der Waals surface area contributed by atoms with Gasteiger partial charge in [-0.2, -0.15) is 0 Å². The van der Waals surface area contributed by atoms with Gasteiger partial charge in [0.2, 0.25) is 0 Å². The lowest BCUT2D eigenvalue weighted by Gasteiger charge is -2.44. The zero-order valence-electron chi connectivity index (χ0n) is 12.5. The van der Waals surface area contributed by atoms with Crippen LogP contribution in [-0.2, 0) is 0 Å². The van der Waals surface area contributed by atoms with E-state index >= 15 is 0 Å². The number of fused-ring (bicyclic) bond motifs is 1. The number of nitrogens with one attached hydrogen (secondary N) is 1. The fraction of sp³-hybridized carbons (Fsp3) is 0.632. The molecule has 0 aromatic carbocycles. The summed E-state index contributed by atoms with van der Waals surface area (Å²) in [6, 6.07) is 1.43. The van der Waals surface area contributed by atoms with Crippen molar-refractivity contribution in [3.63, 3.8) is 0 Å². The van der Waals surface area contributed by atoms with Crippen LogP contribution in [0.25, 0.3) is 0 Å². The summed E-state index contributed by atoms with van der Waals surface area (Å²) in [6.07, 6.45) is 21.7. The Morgan fingerprint density at radius 3 is 2.95 bits per heavy atom. The lowest BCUT2D eigenvalue weighted by molar-refractivity contribution is 0.114. The second-order valence-electron chi connectivity index (χ2n) is 6.19. The van der Waals surface area contributed by atoms with Crippen LogP contribution >= 0.6 is 0 Å². The predicted octanol–water partition coefficient (Wildman–Crippen LogP) is 4.22. The monoisotopic (exact) mass is 269 g/mol. The third kappa shape index (κ3) is 4.14. The van der Waals surface area contributed by atoms with Crippen LogP contribution in [0, 0.1) is 24.2 Å². The smallest absolute Gasteiger partial charge is 0.0101 e. The fourth-order valence-corrected chi connectivity index (χ4v) is 4.00. The first kappa shape index (κ1) is 15.2. The van der Waals surface area contributed by atoms with E-state index in [-0.39, 0.29) is 0 Å². The molecule has 1 nitrogen and oxygen atoms in total. The largest absolute Gasteiger partial charge is 0.311 e. The number of terminal acetylenes is 1. The number of piperidine rings is 1. The predicted molar refractivity (Wildman–Crippen MR) is 86.3 cm³/mol. The molecule has 1 aliphatic carbocycles. The maximum absolute atomic E-state index is 5.29. The third-order valence-corrected chi connectivity index (χ3v) is 4.97. The van der Waals surface area contributed by atoms with E-state index in [0.717, 1.165) is 30.7 Å². The van der Waals surface area contributed by atoms with Gasteiger partial charge >= 0.3 is 0 Å². The molecule has 2 fully saturated rings. The summed E-state index contributed by atoms with van der Waals surface area (Å²) in [5.74, 6) is 4.30. The average Bonchev–Trinajstić information content (AvgIpc) is 2.48. The topological polar surface area (TPSA) is 12.0 Å². The molecule has 1 aliphatic heterocycles. The molecule has 1 heterocycles. The highest BCUT2D eigenvalue weighted by atomic mass is 15.0. The van der Waals surface area contributed by atoms with Crippen molar-refractivity contribution < 1.29 is 0 Å². The standard InChI is InChI=1S/C19H27N/c1-3-5-7-10-16-11-9-13-19-18(16)15-14-17(20-19)12-8-6-4-2/h1,5-7,16-20H,2,8-15H2/b7-5-/t16-,17-,18+,19+/m1/s1. The van der Waals surface area contributed by atoms with Gasteiger partial charge in [-0.3, -0.25) is 0 Å². The van der Waals surface area contributed by atoms with E-state index in [4.69, 9.17) is 6.42 Å². The highest BCUT2D eigenvalue weighted by molar-refractivity contribution is 5.09. The molecule has 1 heteroatoms. The van der Waals surface area contributed by atoms with Gasteiger partial charge in [0, 0.05) is 12.1 Å². The summed E-state index contributed by atoms with van der Waals surface area (Å²) in [6.45, 7) is 3.63. The van der Waals surface area contributed by atoms with Crippen LogP contribution in [0.4, 0.5) is 0 Å². The Balaban J connectivity index is 1.85. The maximum atomic E-state index is 5.29. The Kier molecular flexibility index (Phi) is 6.19. The van der Waals surface area contributed by atoms with Crippen LogP contribution in [0.15, 0.2) is 30.5 Å². The molecular formula is C19H27N. The fourth-order valence-electron chi connectivity index (χ4n) is 4.00. The van der Waals surface area contributed by atoms with Crippen molar-refractivity contribution in [3.05, 3.63) is 30.5 Å². The Morgan fingerprint density at radius 1 is 1.25 bits per heavy atom. The van der Waals surface area contributed by atoms with E-state index in [1.807, 2.05) is 6.08 Å². The summed E-state index contributed by atoms with van der Waals surface area (Å²) >= 11 is 0. The van der Waals surface area contributed by atoms with Crippen LogP contribution in [0.3, 0.4) is 0 Å². The maximum Gasteiger partial charge on any atom is 0.0101 e. The molecule has 0 aromatic rings. The number of hydrogen-bond donors (Lipinski definition) is 1. The molecule has 2 rings (SSSR count). The molecule has 2 aliphatic rings. The summed E-state index contributed by atoms with van der Waals surface area (Å²) in [5.41, 5.74) is 2.87. The van der Waals surface area contributed by atoms with Gasteiger partial charge in [-0.1, -0.05) is 25.0 Å². The van der Waals surface area contributed by atoms with Gasteiger partial charge in [0.1, 0.15) is 0 Å². The van der Waals surface area contributed by atoms with Crippen LogP contribution < -0.4 is 5.32 Å². The molecule has 1 saturated heterocycles. The van der Waals surface area contributed by atoms with Gasteiger partial charge < -0.3 is 5.32 Å². The van der Waals surface area contributed by atoms with Crippen molar-refractivity contribution in [1.82, 2.24) is 5.32 Å².